The average molecular weight is 880 g/mol. The Kier molecular flexibility index (Phi) is 9.59. The summed E-state index contributed by atoms with van der Waals surface area (Å²) in [5.41, 5.74) is 13.2. The van der Waals surface area contributed by atoms with E-state index < -0.39 is 8.07 Å². The van der Waals surface area contributed by atoms with Crippen molar-refractivity contribution in [3.8, 4) is 44.5 Å². The van der Waals surface area contributed by atoms with Crippen LogP contribution in [0.5, 0.6) is 0 Å². The van der Waals surface area contributed by atoms with Crippen molar-refractivity contribution in [2.45, 2.75) is 0 Å². The second-order valence-corrected chi connectivity index (χ2v) is 21.7. The topological polar surface area (TPSA) is 3.24 Å². The molecule has 0 saturated carbocycles. The second-order valence-electron chi connectivity index (χ2n) is 18.0. The molecule has 1 nitrogen and oxygen atoms in total. The van der Waals surface area contributed by atoms with Crippen molar-refractivity contribution in [2.75, 3.05) is 4.90 Å². The van der Waals surface area contributed by atoms with Crippen LogP contribution in [0.4, 0.5) is 17.1 Å². The van der Waals surface area contributed by atoms with E-state index in [-0.39, 0.29) is 0 Å². The molecular formula is C66H45NSi. The van der Waals surface area contributed by atoms with Crippen LogP contribution in [0.3, 0.4) is 0 Å². The molecule has 0 aromatic heterocycles. The first kappa shape index (κ1) is 39.8. The molecule has 1 heterocycles. The van der Waals surface area contributed by atoms with E-state index in [1.54, 1.807) is 0 Å². The lowest BCUT2D eigenvalue weighted by atomic mass is 9.92. The Balaban J connectivity index is 0.900. The molecule has 1 aliphatic rings. The van der Waals surface area contributed by atoms with E-state index in [9.17, 15) is 0 Å². The number of anilines is 3. The monoisotopic (exact) mass is 879 g/mol. The number of fused-ring (bicyclic) bond motifs is 9. The minimum atomic E-state index is -2.61. The van der Waals surface area contributed by atoms with Crippen molar-refractivity contribution >= 4 is 78.2 Å². The molecular weight excluding hydrogens is 835 g/mol. The molecule has 0 radical (unpaired) electrons. The normalized spacial score (nSPS) is 12.5. The van der Waals surface area contributed by atoms with Gasteiger partial charge >= 0.3 is 0 Å². The van der Waals surface area contributed by atoms with E-state index in [0.29, 0.717) is 0 Å². The Hall–Kier alpha value is -8.56. The third-order valence-corrected chi connectivity index (χ3v) is 19.2. The number of benzene rings is 12. The fourth-order valence-electron chi connectivity index (χ4n) is 11.2. The van der Waals surface area contributed by atoms with Crippen LogP contribution in [0.1, 0.15) is 0 Å². The lowest BCUT2D eigenvalue weighted by molar-refractivity contribution is 1.28. The molecule has 0 aliphatic carbocycles. The zero-order chi connectivity index (χ0) is 45.0. The summed E-state index contributed by atoms with van der Waals surface area (Å²) in [4.78, 5) is 2.38. The van der Waals surface area contributed by atoms with Gasteiger partial charge in [0.15, 0.2) is 8.07 Å². The molecule has 0 saturated heterocycles. The van der Waals surface area contributed by atoms with Gasteiger partial charge < -0.3 is 4.90 Å². The lowest BCUT2D eigenvalue weighted by Crippen LogP contribution is -2.72. The molecule has 0 bridgehead atoms. The highest BCUT2D eigenvalue weighted by molar-refractivity contribution is 7.22. The van der Waals surface area contributed by atoms with Gasteiger partial charge in [0.05, 0.1) is 0 Å². The molecule has 12 aromatic carbocycles. The maximum Gasteiger partial charge on any atom is 0.180 e. The molecule has 12 aromatic rings. The minimum absolute atomic E-state index is 1.10. The highest BCUT2D eigenvalue weighted by atomic mass is 28.3. The van der Waals surface area contributed by atoms with E-state index in [1.807, 2.05) is 0 Å². The zero-order valence-corrected chi connectivity index (χ0v) is 38.4. The third-order valence-electron chi connectivity index (χ3n) is 14.4. The summed E-state index contributed by atoms with van der Waals surface area (Å²) in [6.45, 7) is 0. The van der Waals surface area contributed by atoms with Crippen LogP contribution in [-0.2, 0) is 0 Å². The third kappa shape index (κ3) is 6.45. The van der Waals surface area contributed by atoms with Gasteiger partial charge in [-0.25, -0.2) is 0 Å². The van der Waals surface area contributed by atoms with E-state index >= 15 is 0 Å². The predicted molar refractivity (Wildman–Crippen MR) is 293 cm³/mol. The molecule has 1 aliphatic heterocycles. The fourth-order valence-corrected chi connectivity index (χ4v) is 16.4. The van der Waals surface area contributed by atoms with Crippen molar-refractivity contribution in [3.05, 3.63) is 273 Å². The van der Waals surface area contributed by atoms with Crippen LogP contribution >= 0.6 is 0 Å². The predicted octanol–water partition coefficient (Wildman–Crippen LogP) is 15.0. The highest BCUT2D eigenvalue weighted by Gasteiger charge is 2.48. The van der Waals surface area contributed by atoms with Gasteiger partial charge in [-0.05, 0) is 140 Å². The van der Waals surface area contributed by atoms with Crippen LogP contribution in [0.2, 0.25) is 0 Å². The van der Waals surface area contributed by atoms with Gasteiger partial charge in [-0.3, -0.25) is 0 Å². The first-order valence-electron chi connectivity index (χ1n) is 23.6. The molecule has 0 spiro atoms. The van der Waals surface area contributed by atoms with Crippen molar-refractivity contribution < 1.29 is 0 Å². The number of rotatable bonds is 8. The molecule has 0 N–H and O–H groups in total. The van der Waals surface area contributed by atoms with Gasteiger partial charge in [0.1, 0.15) is 0 Å². The number of hydrogen-bond donors (Lipinski definition) is 0. The maximum absolute atomic E-state index is 2.61. The Labute approximate surface area is 398 Å². The molecule has 68 heavy (non-hydrogen) atoms. The minimum Gasteiger partial charge on any atom is -0.311 e. The largest absolute Gasteiger partial charge is 0.311 e. The van der Waals surface area contributed by atoms with E-state index in [4.69, 9.17) is 0 Å². The molecule has 0 amide bonds. The average Bonchev–Trinajstić information content (AvgIpc) is 3.72. The Morgan fingerprint density at radius 2 is 0.574 bits per heavy atom. The van der Waals surface area contributed by atoms with E-state index in [0.717, 1.165) is 17.1 Å². The molecule has 0 fully saturated rings. The summed E-state index contributed by atoms with van der Waals surface area (Å²) in [5.74, 6) is 0. The highest BCUT2D eigenvalue weighted by Crippen LogP contribution is 2.41. The maximum atomic E-state index is 2.51. The standard InChI is InChI=1S/C66H45NSi/c1-4-16-46(17-5-1)47-28-36-52(37-29-47)67(53-38-30-48(31-39-53)50-34-42-61-59-24-11-10-22-57(59)58-23-12-13-25-60(58)64(61)44-50)54-40-32-49(33-41-54)51-35-43-63-62-26-14-15-27-65(62)68(66(63)45-51,55-18-6-2-7-19-55)56-20-8-3-9-21-56/h1-45H. The van der Waals surface area contributed by atoms with Crippen molar-refractivity contribution in [1.29, 1.82) is 0 Å². The Morgan fingerprint density at radius 1 is 0.221 bits per heavy atom. The molecule has 0 atom stereocenters. The lowest BCUT2D eigenvalue weighted by Gasteiger charge is -2.31. The summed E-state index contributed by atoms with van der Waals surface area (Å²) < 4.78 is 0. The van der Waals surface area contributed by atoms with Crippen LogP contribution in [0, 0.1) is 0 Å². The summed E-state index contributed by atoms with van der Waals surface area (Å²) in [7, 11) is -2.61. The summed E-state index contributed by atoms with van der Waals surface area (Å²) in [5, 5.41) is 13.5. The van der Waals surface area contributed by atoms with Gasteiger partial charge in [0.25, 0.3) is 0 Å². The Morgan fingerprint density at radius 3 is 1.10 bits per heavy atom. The number of nitrogens with zero attached hydrogens (tertiary/aromatic N) is 1. The summed E-state index contributed by atoms with van der Waals surface area (Å²) >= 11 is 0. The van der Waals surface area contributed by atoms with Crippen molar-refractivity contribution in [3.63, 3.8) is 0 Å². The van der Waals surface area contributed by atoms with E-state index in [2.05, 4.69) is 278 Å². The first-order chi connectivity index (χ1) is 33.7. The van der Waals surface area contributed by atoms with Gasteiger partial charge in [-0.2, -0.15) is 0 Å². The molecule has 13 rings (SSSR count). The van der Waals surface area contributed by atoms with Crippen LogP contribution in [0.15, 0.2) is 273 Å². The zero-order valence-electron chi connectivity index (χ0n) is 37.4. The smallest absolute Gasteiger partial charge is 0.180 e. The first-order valence-corrected chi connectivity index (χ1v) is 25.6. The van der Waals surface area contributed by atoms with Gasteiger partial charge in [-0.15, -0.1) is 0 Å². The SMILES string of the molecule is c1ccc(-c2ccc(N(c3ccc(-c4ccc5c(c4)[Si](c4ccccc4)(c4ccccc4)c4ccccc4-5)cc3)c3ccc(-c4ccc5c6ccccc6c6ccccc6c5c4)cc3)cc2)cc1. The van der Waals surface area contributed by atoms with Gasteiger partial charge in [0, 0.05) is 17.1 Å². The quantitative estimate of drug-likeness (QED) is 0.109. The Bertz CT molecular complexity index is 3730. The van der Waals surface area contributed by atoms with Gasteiger partial charge in [0.2, 0.25) is 0 Å². The summed E-state index contributed by atoms with van der Waals surface area (Å²) in [6.07, 6.45) is 0. The molecule has 0 unspecified atom stereocenters. The number of hydrogen-bond acceptors (Lipinski definition) is 1. The second kappa shape index (κ2) is 16.4. The fraction of sp³-hybridized carbons (Fsp3) is 0. The van der Waals surface area contributed by atoms with Crippen LogP contribution < -0.4 is 25.6 Å². The van der Waals surface area contributed by atoms with Crippen LogP contribution in [0.25, 0.3) is 76.8 Å². The molecule has 2 heteroatoms. The van der Waals surface area contributed by atoms with Crippen molar-refractivity contribution in [1.82, 2.24) is 0 Å². The summed E-state index contributed by atoms with van der Waals surface area (Å²) in [6, 6.07) is 101. The van der Waals surface area contributed by atoms with E-state index in [1.165, 1.54) is 97.6 Å². The van der Waals surface area contributed by atoms with Crippen molar-refractivity contribution in [2.24, 2.45) is 0 Å². The van der Waals surface area contributed by atoms with Crippen LogP contribution in [-0.4, -0.2) is 8.07 Å². The molecule has 318 valence electrons. The van der Waals surface area contributed by atoms with Gasteiger partial charge in [-0.1, -0.05) is 231 Å².